The fourth-order valence-corrected chi connectivity index (χ4v) is 3.10. The van der Waals surface area contributed by atoms with Crippen molar-refractivity contribution in [1.82, 2.24) is 20.0 Å². The quantitative estimate of drug-likeness (QED) is 0.652. The van der Waals surface area contributed by atoms with Crippen LogP contribution in [0.4, 0.5) is 5.82 Å². The smallest absolute Gasteiger partial charge is 0.242 e. The predicted octanol–water partition coefficient (Wildman–Crippen LogP) is 1.01. The molecule has 0 amide bonds. The molecule has 2 heterocycles. The Bertz CT molecular complexity index is 864. The lowest BCUT2D eigenvalue weighted by molar-refractivity contribution is 0.315. The molecule has 114 valence electrons. The highest BCUT2D eigenvalue weighted by Crippen LogP contribution is 2.19. The molecule has 0 fully saturated rings. The van der Waals surface area contributed by atoms with Gasteiger partial charge >= 0.3 is 0 Å². The van der Waals surface area contributed by atoms with E-state index >= 15 is 0 Å². The normalized spacial score (nSPS) is 11.6. The zero-order valence-corrected chi connectivity index (χ0v) is 12.2. The lowest BCUT2D eigenvalue weighted by Gasteiger charge is -2.08. The fraction of sp³-hybridized carbons (Fsp3) is 0.154. The Kier molecular flexibility index (Phi) is 3.98. The maximum Gasteiger partial charge on any atom is 0.242 e. The number of aromatic nitrogens is 3. The van der Waals surface area contributed by atoms with Crippen LogP contribution in [0.3, 0.4) is 0 Å². The molecule has 8 nitrogen and oxygen atoms in total. The van der Waals surface area contributed by atoms with Gasteiger partial charge in [0.15, 0.2) is 5.52 Å². The molecule has 0 unspecified atom stereocenters. The third-order valence-corrected chi connectivity index (χ3v) is 4.42. The average Bonchev–Trinajstić information content (AvgIpc) is 3.01. The summed E-state index contributed by atoms with van der Waals surface area (Å²) < 4.78 is 31.7. The standard InChI is InChI=1S/C13H13N5O3S/c19-22(20,11-5-3-4-10-13(11)18-21-17-10)16-9-8-15-12-6-1-2-7-14-12/h1-7,16H,8-9H2,(H,14,15). The first-order valence-corrected chi connectivity index (χ1v) is 8.01. The van der Waals surface area contributed by atoms with Crippen LogP contribution in [0.2, 0.25) is 0 Å². The molecule has 2 N–H and O–H groups in total. The SMILES string of the molecule is O=S(=O)(NCCNc1ccccn1)c1cccc2nonc12. The Morgan fingerprint density at radius 3 is 2.77 bits per heavy atom. The lowest BCUT2D eigenvalue weighted by Crippen LogP contribution is -2.29. The molecule has 0 spiro atoms. The molecule has 3 rings (SSSR count). The highest BCUT2D eigenvalue weighted by atomic mass is 32.2. The van der Waals surface area contributed by atoms with Gasteiger partial charge in [-0.15, -0.1) is 0 Å². The van der Waals surface area contributed by atoms with E-state index in [1.54, 1.807) is 30.5 Å². The first-order valence-electron chi connectivity index (χ1n) is 6.53. The van der Waals surface area contributed by atoms with Gasteiger partial charge in [-0.2, -0.15) is 0 Å². The van der Waals surface area contributed by atoms with Crippen LogP contribution >= 0.6 is 0 Å². The summed E-state index contributed by atoms with van der Waals surface area (Å²) in [5, 5.41) is 10.3. The third kappa shape index (κ3) is 3.05. The minimum absolute atomic E-state index is 0.0455. The number of benzene rings is 1. The summed E-state index contributed by atoms with van der Waals surface area (Å²) in [4.78, 5) is 4.13. The first kappa shape index (κ1) is 14.4. The first-order chi connectivity index (χ1) is 10.7. The van der Waals surface area contributed by atoms with E-state index in [0.717, 1.165) is 0 Å². The van der Waals surface area contributed by atoms with E-state index in [0.29, 0.717) is 17.9 Å². The Morgan fingerprint density at radius 1 is 1.05 bits per heavy atom. The number of nitrogens with one attached hydrogen (secondary N) is 2. The van der Waals surface area contributed by atoms with Gasteiger partial charge in [-0.3, -0.25) is 0 Å². The Morgan fingerprint density at radius 2 is 1.95 bits per heavy atom. The Hall–Kier alpha value is -2.52. The summed E-state index contributed by atoms with van der Waals surface area (Å²) in [6.07, 6.45) is 1.66. The van der Waals surface area contributed by atoms with Gasteiger partial charge in [0.05, 0.1) is 0 Å². The number of hydrogen-bond donors (Lipinski definition) is 2. The highest BCUT2D eigenvalue weighted by Gasteiger charge is 2.19. The second kappa shape index (κ2) is 6.08. The number of hydrogen-bond acceptors (Lipinski definition) is 7. The van der Waals surface area contributed by atoms with Crippen molar-refractivity contribution in [3.63, 3.8) is 0 Å². The van der Waals surface area contributed by atoms with Crippen molar-refractivity contribution in [2.75, 3.05) is 18.4 Å². The molecule has 0 saturated carbocycles. The van der Waals surface area contributed by atoms with Crippen LogP contribution in [0.25, 0.3) is 11.0 Å². The van der Waals surface area contributed by atoms with E-state index in [1.165, 1.54) is 6.07 Å². The molecule has 0 aliphatic heterocycles. The summed E-state index contributed by atoms with van der Waals surface area (Å²) in [6.45, 7) is 0.615. The molecule has 0 radical (unpaired) electrons. The van der Waals surface area contributed by atoms with Gasteiger partial charge in [-0.1, -0.05) is 12.1 Å². The molecule has 2 aromatic heterocycles. The average molecular weight is 319 g/mol. The molecule has 9 heteroatoms. The summed E-state index contributed by atoms with van der Waals surface area (Å²) in [6, 6.07) is 10.1. The number of rotatable bonds is 6. The van der Waals surface area contributed by atoms with Crippen LogP contribution in [-0.4, -0.2) is 36.8 Å². The lowest BCUT2D eigenvalue weighted by atomic mass is 10.3. The van der Waals surface area contributed by atoms with E-state index in [1.807, 2.05) is 6.07 Å². The van der Waals surface area contributed by atoms with Crippen molar-refractivity contribution < 1.29 is 13.0 Å². The zero-order valence-electron chi connectivity index (χ0n) is 11.4. The molecule has 0 saturated heterocycles. The molecule has 1 aromatic carbocycles. The Balaban J connectivity index is 1.65. The molecular formula is C13H13N5O3S. The van der Waals surface area contributed by atoms with E-state index in [9.17, 15) is 8.42 Å². The largest absolute Gasteiger partial charge is 0.369 e. The summed E-state index contributed by atoms with van der Waals surface area (Å²) >= 11 is 0. The van der Waals surface area contributed by atoms with Gasteiger partial charge in [-0.05, 0) is 34.6 Å². The van der Waals surface area contributed by atoms with Gasteiger partial charge in [-0.25, -0.2) is 22.8 Å². The molecule has 22 heavy (non-hydrogen) atoms. The minimum Gasteiger partial charge on any atom is -0.369 e. The predicted molar refractivity (Wildman–Crippen MR) is 79.7 cm³/mol. The summed E-state index contributed by atoms with van der Waals surface area (Å²) in [5.41, 5.74) is 0.613. The van der Waals surface area contributed by atoms with Gasteiger partial charge in [0, 0.05) is 19.3 Å². The van der Waals surface area contributed by atoms with Crippen LogP contribution in [0.5, 0.6) is 0 Å². The van der Waals surface area contributed by atoms with E-state index in [2.05, 4.69) is 30.0 Å². The second-order valence-corrected chi connectivity index (χ2v) is 6.16. The number of nitrogens with zero attached hydrogens (tertiary/aromatic N) is 3. The van der Waals surface area contributed by atoms with Crippen LogP contribution in [0.1, 0.15) is 0 Å². The van der Waals surface area contributed by atoms with Gasteiger partial charge < -0.3 is 5.32 Å². The summed E-state index contributed by atoms with van der Waals surface area (Å²) in [7, 11) is -3.68. The molecular weight excluding hydrogens is 306 g/mol. The Labute approximate surface area is 126 Å². The van der Waals surface area contributed by atoms with Crippen LogP contribution in [0.15, 0.2) is 52.1 Å². The fourth-order valence-electron chi connectivity index (χ4n) is 1.92. The molecule has 0 aliphatic rings. The van der Waals surface area contributed by atoms with E-state index < -0.39 is 10.0 Å². The van der Waals surface area contributed by atoms with Gasteiger partial charge in [0.1, 0.15) is 16.2 Å². The number of fused-ring (bicyclic) bond motifs is 1. The second-order valence-electron chi connectivity index (χ2n) is 4.43. The third-order valence-electron chi connectivity index (χ3n) is 2.93. The van der Waals surface area contributed by atoms with Crippen molar-refractivity contribution in [3.05, 3.63) is 42.6 Å². The number of pyridine rings is 1. The number of anilines is 1. The molecule has 3 aromatic rings. The number of sulfonamides is 1. The van der Waals surface area contributed by atoms with Crippen molar-refractivity contribution in [3.8, 4) is 0 Å². The van der Waals surface area contributed by atoms with Crippen molar-refractivity contribution in [2.24, 2.45) is 0 Å². The van der Waals surface area contributed by atoms with E-state index in [-0.39, 0.29) is 17.0 Å². The van der Waals surface area contributed by atoms with Crippen molar-refractivity contribution in [2.45, 2.75) is 4.90 Å². The monoisotopic (exact) mass is 319 g/mol. The maximum absolute atomic E-state index is 12.3. The van der Waals surface area contributed by atoms with Crippen LogP contribution < -0.4 is 10.0 Å². The highest BCUT2D eigenvalue weighted by molar-refractivity contribution is 7.89. The van der Waals surface area contributed by atoms with Crippen LogP contribution in [0, 0.1) is 0 Å². The van der Waals surface area contributed by atoms with Gasteiger partial charge in [0.2, 0.25) is 10.0 Å². The van der Waals surface area contributed by atoms with Crippen molar-refractivity contribution >= 4 is 26.9 Å². The molecule has 0 atom stereocenters. The minimum atomic E-state index is -3.68. The molecule has 0 aliphatic carbocycles. The van der Waals surface area contributed by atoms with Crippen molar-refractivity contribution in [1.29, 1.82) is 0 Å². The maximum atomic E-state index is 12.3. The zero-order chi connectivity index (χ0) is 15.4. The van der Waals surface area contributed by atoms with Crippen LogP contribution in [-0.2, 0) is 10.0 Å². The summed E-state index contributed by atoms with van der Waals surface area (Å²) in [5.74, 6) is 0.685. The van der Waals surface area contributed by atoms with Gasteiger partial charge in [0.25, 0.3) is 0 Å². The van der Waals surface area contributed by atoms with E-state index in [4.69, 9.17) is 0 Å². The molecule has 0 bridgehead atoms. The topological polar surface area (TPSA) is 110 Å².